The first-order valence-corrected chi connectivity index (χ1v) is 5.49. The minimum Gasteiger partial charge on any atom is -0.255 e. The summed E-state index contributed by atoms with van der Waals surface area (Å²) < 4.78 is 11.2. The van der Waals surface area contributed by atoms with Crippen LogP contribution in [-0.4, -0.2) is 10.5 Å². The van der Waals surface area contributed by atoms with E-state index in [1.54, 1.807) is 6.26 Å². The lowest BCUT2D eigenvalue weighted by Crippen LogP contribution is -1.93. The van der Waals surface area contributed by atoms with E-state index in [2.05, 4.69) is 20.8 Å². The van der Waals surface area contributed by atoms with Crippen molar-refractivity contribution in [3.05, 3.63) is 28.8 Å². The Labute approximate surface area is 76.3 Å². The summed E-state index contributed by atoms with van der Waals surface area (Å²) >= 11 is 0. The van der Waals surface area contributed by atoms with E-state index >= 15 is 0 Å². The quantitative estimate of drug-likeness (QED) is 0.651. The third-order valence-corrected chi connectivity index (χ3v) is 3.13. The zero-order valence-electron chi connectivity index (χ0n) is 7.97. The van der Waals surface area contributed by atoms with E-state index in [0.29, 0.717) is 0 Å². The van der Waals surface area contributed by atoms with Crippen LogP contribution in [0.3, 0.4) is 0 Å². The third kappa shape index (κ3) is 1.75. The highest BCUT2D eigenvalue weighted by Gasteiger charge is 2.02. The van der Waals surface area contributed by atoms with Crippen molar-refractivity contribution < 1.29 is 4.21 Å². The summed E-state index contributed by atoms with van der Waals surface area (Å²) in [5.41, 5.74) is 3.74. The maximum absolute atomic E-state index is 11.2. The fourth-order valence-corrected chi connectivity index (χ4v) is 1.85. The van der Waals surface area contributed by atoms with Gasteiger partial charge >= 0.3 is 0 Å². The molecule has 1 aromatic carbocycles. The van der Waals surface area contributed by atoms with Gasteiger partial charge in [0.1, 0.15) is 0 Å². The lowest BCUT2D eigenvalue weighted by Gasteiger charge is -2.06. The van der Waals surface area contributed by atoms with Crippen molar-refractivity contribution in [2.45, 2.75) is 25.7 Å². The summed E-state index contributed by atoms with van der Waals surface area (Å²) in [6.45, 7) is 6.20. The molecule has 0 bridgehead atoms. The van der Waals surface area contributed by atoms with E-state index in [9.17, 15) is 4.21 Å². The molecule has 0 saturated heterocycles. The van der Waals surface area contributed by atoms with Gasteiger partial charge in [0, 0.05) is 22.0 Å². The first-order valence-electron chi connectivity index (χ1n) is 3.93. The minimum absolute atomic E-state index is 0.858. The summed E-state index contributed by atoms with van der Waals surface area (Å²) in [5, 5.41) is 0. The Morgan fingerprint density at radius 1 is 1.08 bits per heavy atom. The third-order valence-electron chi connectivity index (χ3n) is 2.23. The van der Waals surface area contributed by atoms with Gasteiger partial charge in [0.05, 0.1) is 0 Å². The van der Waals surface area contributed by atoms with Crippen LogP contribution in [0.25, 0.3) is 0 Å². The van der Waals surface area contributed by atoms with Crippen LogP contribution in [0.5, 0.6) is 0 Å². The highest BCUT2D eigenvalue weighted by molar-refractivity contribution is 7.84. The molecule has 0 heterocycles. The second-order valence-corrected chi connectivity index (χ2v) is 4.52. The lowest BCUT2D eigenvalue weighted by atomic mass is 10.1. The van der Waals surface area contributed by atoms with E-state index in [4.69, 9.17) is 0 Å². The molecule has 12 heavy (non-hydrogen) atoms. The normalized spacial score (nSPS) is 13.0. The van der Waals surface area contributed by atoms with Gasteiger partial charge in [-0.15, -0.1) is 0 Å². The Morgan fingerprint density at radius 2 is 1.50 bits per heavy atom. The van der Waals surface area contributed by atoms with Crippen LogP contribution in [0.2, 0.25) is 0 Å². The summed E-state index contributed by atoms with van der Waals surface area (Å²) in [7, 11) is -0.858. The molecular formula is C10H14OS. The van der Waals surface area contributed by atoms with Crippen LogP contribution in [0.15, 0.2) is 17.0 Å². The minimum atomic E-state index is -0.858. The molecule has 0 amide bonds. The Balaban J connectivity index is 3.31. The summed E-state index contributed by atoms with van der Waals surface area (Å²) in [6.07, 6.45) is 1.71. The maximum Gasteiger partial charge on any atom is 0.0498 e. The Hall–Kier alpha value is -0.630. The molecule has 1 unspecified atom stereocenters. The van der Waals surface area contributed by atoms with Crippen LogP contribution in [0, 0.1) is 20.8 Å². The molecule has 0 fully saturated rings. The van der Waals surface area contributed by atoms with Crippen LogP contribution in [0.1, 0.15) is 16.7 Å². The highest BCUT2D eigenvalue weighted by atomic mass is 32.2. The average molecular weight is 182 g/mol. The van der Waals surface area contributed by atoms with Crippen molar-refractivity contribution in [1.82, 2.24) is 0 Å². The summed E-state index contributed by atoms with van der Waals surface area (Å²) in [4.78, 5) is 0.926. The standard InChI is InChI=1S/C10H14OS/c1-7-5-10(12(4)11)6-8(2)9(7)3/h5-6H,1-4H3. The predicted octanol–water partition coefficient (Wildman–Crippen LogP) is 2.35. The number of hydrogen-bond acceptors (Lipinski definition) is 1. The maximum atomic E-state index is 11.2. The van der Waals surface area contributed by atoms with E-state index in [1.165, 1.54) is 16.7 Å². The Kier molecular flexibility index (Phi) is 2.68. The van der Waals surface area contributed by atoms with E-state index in [0.717, 1.165) is 4.90 Å². The van der Waals surface area contributed by atoms with Crippen molar-refractivity contribution >= 4 is 10.8 Å². The molecule has 0 saturated carbocycles. The second kappa shape index (κ2) is 3.40. The van der Waals surface area contributed by atoms with E-state index in [-0.39, 0.29) is 0 Å². The molecular weight excluding hydrogens is 168 g/mol. The van der Waals surface area contributed by atoms with Crippen molar-refractivity contribution in [3.63, 3.8) is 0 Å². The SMILES string of the molecule is Cc1cc(S(C)=O)cc(C)c1C. The van der Waals surface area contributed by atoms with Gasteiger partial charge in [-0.2, -0.15) is 0 Å². The molecule has 0 aliphatic carbocycles. The zero-order chi connectivity index (χ0) is 9.30. The molecule has 66 valence electrons. The summed E-state index contributed by atoms with van der Waals surface area (Å²) in [6, 6.07) is 4.00. The monoisotopic (exact) mass is 182 g/mol. The smallest absolute Gasteiger partial charge is 0.0498 e. The second-order valence-electron chi connectivity index (χ2n) is 3.14. The van der Waals surface area contributed by atoms with Crippen molar-refractivity contribution in [2.75, 3.05) is 6.26 Å². The topological polar surface area (TPSA) is 17.1 Å². The van der Waals surface area contributed by atoms with Crippen LogP contribution < -0.4 is 0 Å². The van der Waals surface area contributed by atoms with Crippen LogP contribution in [-0.2, 0) is 10.8 Å². The number of hydrogen-bond donors (Lipinski definition) is 0. The molecule has 1 aromatic rings. The molecule has 0 radical (unpaired) electrons. The Bertz CT molecular complexity index is 306. The zero-order valence-corrected chi connectivity index (χ0v) is 8.79. The fourth-order valence-electron chi connectivity index (χ4n) is 1.16. The van der Waals surface area contributed by atoms with Gasteiger partial charge in [-0.1, -0.05) is 0 Å². The molecule has 1 atom stereocenters. The Morgan fingerprint density at radius 3 is 1.83 bits per heavy atom. The first-order chi connectivity index (χ1) is 5.52. The van der Waals surface area contributed by atoms with Crippen molar-refractivity contribution in [3.8, 4) is 0 Å². The van der Waals surface area contributed by atoms with Crippen LogP contribution in [0.4, 0.5) is 0 Å². The van der Waals surface area contributed by atoms with Gasteiger partial charge in [0.15, 0.2) is 0 Å². The number of benzene rings is 1. The number of rotatable bonds is 1. The van der Waals surface area contributed by atoms with Gasteiger partial charge in [0.2, 0.25) is 0 Å². The molecule has 0 aliphatic rings. The van der Waals surface area contributed by atoms with Gasteiger partial charge < -0.3 is 0 Å². The average Bonchev–Trinajstić information content (AvgIpc) is 1.99. The largest absolute Gasteiger partial charge is 0.255 e. The predicted molar refractivity (Wildman–Crippen MR) is 53.0 cm³/mol. The van der Waals surface area contributed by atoms with E-state index < -0.39 is 10.8 Å². The van der Waals surface area contributed by atoms with Gasteiger partial charge in [-0.25, -0.2) is 0 Å². The molecule has 1 rings (SSSR count). The van der Waals surface area contributed by atoms with E-state index in [1.807, 2.05) is 12.1 Å². The fraction of sp³-hybridized carbons (Fsp3) is 0.400. The van der Waals surface area contributed by atoms with Gasteiger partial charge in [-0.05, 0) is 49.6 Å². The molecule has 2 heteroatoms. The van der Waals surface area contributed by atoms with Crippen LogP contribution >= 0.6 is 0 Å². The summed E-state index contributed by atoms with van der Waals surface area (Å²) in [5.74, 6) is 0. The molecule has 0 N–H and O–H groups in total. The molecule has 0 aromatic heterocycles. The highest BCUT2D eigenvalue weighted by Crippen LogP contribution is 2.17. The first kappa shape index (κ1) is 9.46. The van der Waals surface area contributed by atoms with Gasteiger partial charge in [0.25, 0.3) is 0 Å². The van der Waals surface area contributed by atoms with Gasteiger partial charge in [-0.3, -0.25) is 4.21 Å². The van der Waals surface area contributed by atoms with Crippen molar-refractivity contribution in [1.29, 1.82) is 0 Å². The number of aryl methyl sites for hydroxylation is 2. The molecule has 1 nitrogen and oxygen atoms in total. The molecule has 0 aliphatic heterocycles. The lowest BCUT2D eigenvalue weighted by molar-refractivity contribution is 0.686. The van der Waals surface area contributed by atoms with Crippen molar-refractivity contribution in [2.24, 2.45) is 0 Å². The molecule has 0 spiro atoms.